The summed E-state index contributed by atoms with van der Waals surface area (Å²) < 4.78 is 0. The zero-order valence-corrected chi connectivity index (χ0v) is 9.30. The first-order valence-electron chi connectivity index (χ1n) is 4.97. The molecule has 0 heterocycles. The molecule has 3 heteroatoms. The first-order valence-corrected chi connectivity index (χ1v) is 4.97. The zero-order chi connectivity index (χ0) is 11.8. The van der Waals surface area contributed by atoms with Gasteiger partial charge >= 0.3 is 0 Å². The number of carbonyl (C=O) groups is 1. The van der Waals surface area contributed by atoms with Crippen molar-refractivity contribution in [3.8, 4) is 0 Å². The highest BCUT2D eigenvalue weighted by Crippen LogP contribution is 2.02. The standard InChI is InChI=1S/C13H15NO2/c1-3-11-14(16-2)13(15)10-9-12-7-5-4-6-8-12/h3-10H,1,11H2,2H3/b10-9+. The number of carbonyl (C=O) groups excluding carboxylic acids is 1. The maximum Gasteiger partial charge on any atom is 0.270 e. The highest BCUT2D eigenvalue weighted by Gasteiger charge is 2.06. The van der Waals surface area contributed by atoms with Crippen molar-refractivity contribution in [1.82, 2.24) is 5.06 Å². The van der Waals surface area contributed by atoms with Crippen LogP contribution in [0, 0.1) is 0 Å². The maximum absolute atomic E-state index is 11.6. The first-order chi connectivity index (χ1) is 7.77. The Bertz CT molecular complexity index is 371. The van der Waals surface area contributed by atoms with E-state index >= 15 is 0 Å². The van der Waals surface area contributed by atoms with Crippen molar-refractivity contribution in [3.05, 3.63) is 54.6 Å². The van der Waals surface area contributed by atoms with Crippen molar-refractivity contribution >= 4 is 12.0 Å². The summed E-state index contributed by atoms with van der Waals surface area (Å²) in [6.07, 6.45) is 4.83. The molecule has 0 aliphatic heterocycles. The van der Waals surface area contributed by atoms with Crippen molar-refractivity contribution in [2.45, 2.75) is 0 Å². The number of hydrogen-bond acceptors (Lipinski definition) is 2. The third-order valence-corrected chi connectivity index (χ3v) is 1.98. The minimum absolute atomic E-state index is 0.203. The molecule has 84 valence electrons. The summed E-state index contributed by atoms with van der Waals surface area (Å²) in [5, 5.41) is 1.23. The van der Waals surface area contributed by atoms with Crippen molar-refractivity contribution in [3.63, 3.8) is 0 Å². The molecule has 1 aromatic carbocycles. The van der Waals surface area contributed by atoms with Gasteiger partial charge in [-0.2, -0.15) is 0 Å². The van der Waals surface area contributed by atoms with E-state index in [1.54, 1.807) is 12.2 Å². The molecule has 16 heavy (non-hydrogen) atoms. The Morgan fingerprint density at radius 1 is 1.44 bits per heavy atom. The summed E-state index contributed by atoms with van der Waals surface area (Å²) in [5.41, 5.74) is 0.977. The number of rotatable bonds is 5. The molecular formula is C13H15NO2. The fraction of sp³-hybridized carbons (Fsp3) is 0.154. The van der Waals surface area contributed by atoms with Crippen LogP contribution in [0.15, 0.2) is 49.1 Å². The highest BCUT2D eigenvalue weighted by atomic mass is 16.7. The normalized spacial score (nSPS) is 10.3. The van der Waals surface area contributed by atoms with Gasteiger partial charge in [0.2, 0.25) is 0 Å². The summed E-state index contributed by atoms with van der Waals surface area (Å²) in [4.78, 5) is 16.5. The average molecular weight is 217 g/mol. The van der Waals surface area contributed by atoms with Crippen molar-refractivity contribution in [2.24, 2.45) is 0 Å². The van der Waals surface area contributed by atoms with Crippen molar-refractivity contribution in [2.75, 3.05) is 13.7 Å². The van der Waals surface area contributed by atoms with Crippen LogP contribution in [0.2, 0.25) is 0 Å². The second kappa shape index (κ2) is 6.58. The molecule has 0 N–H and O–H groups in total. The van der Waals surface area contributed by atoms with Crippen LogP contribution in [-0.2, 0) is 9.63 Å². The molecule has 0 radical (unpaired) electrons. The summed E-state index contributed by atoms with van der Waals surface area (Å²) in [6.45, 7) is 3.92. The fourth-order valence-corrected chi connectivity index (χ4v) is 1.19. The molecule has 0 unspecified atom stereocenters. The molecule has 0 spiro atoms. The number of hydrogen-bond donors (Lipinski definition) is 0. The van der Waals surface area contributed by atoms with Crippen LogP contribution in [0.1, 0.15) is 5.56 Å². The van der Waals surface area contributed by atoms with Crippen LogP contribution >= 0.6 is 0 Å². The minimum atomic E-state index is -0.203. The minimum Gasteiger partial charge on any atom is -0.274 e. The van der Waals surface area contributed by atoms with Crippen LogP contribution in [0.4, 0.5) is 0 Å². The van der Waals surface area contributed by atoms with Gasteiger partial charge in [0.15, 0.2) is 0 Å². The van der Waals surface area contributed by atoms with E-state index in [2.05, 4.69) is 6.58 Å². The number of nitrogens with zero attached hydrogens (tertiary/aromatic N) is 1. The van der Waals surface area contributed by atoms with Gasteiger partial charge in [0.05, 0.1) is 13.7 Å². The van der Waals surface area contributed by atoms with Gasteiger partial charge in [-0.05, 0) is 11.6 Å². The Labute approximate surface area is 95.6 Å². The van der Waals surface area contributed by atoms with Crippen LogP contribution < -0.4 is 0 Å². The van der Waals surface area contributed by atoms with Gasteiger partial charge in [0, 0.05) is 6.08 Å². The topological polar surface area (TPSA) is 29.5 Å². The lowest BCUT2D eigenvalue weighted by molar-refractivity contribution is -0.167. The molecule has 0 fully saturated rings. The van der Waals surface area contributed by atoms with E-state index in [1.165, 1.54) is 18.2 Å². The molecule has 1 aromatic rings. The molecule has 1 rings (SSSR count). The highest BCUT2D eigenvalue weighted by molar-refractivity contribution is 5.91. The third kappa shape index (κ3) is 3.71. The van der Waals surface area contributed by atoms with Gasteiger partial charge in [-0.3, -0.25) is 9.63 Å². The van der Waals surface area contributed by atoms with E-state index in [1.807, 2.05) is 30.3 Å². The summed E-state index contributed by atoms with van der Waals surface area (Å²) in [6, 6.07) is 9.62. The molecule has 3 nitrogen and oxygen atoms in total. The molecule has 0 saturated heterocycles. The van der Waals surface area contributed by atoms with Crippen LogP contribution in [-0.4, -0.2) is 24.6 Å². The zero-order valence-electron chi connectivity index (χ0n) is 9.30. The molecule has 0 atom stereocenters. The SMILES string of the molecule is C=CCN(OC)C(=O)/C=C/c1ccccc1. The Hall–Kier alpha value is -1.87. The summed E-state index contributed by atoms with van der Waals surface area (Å²) in [7, 11) is 1.46. The van der Waals surface area contributed by atoms with E-state index in [4.69, 9.17) is 4.84 Å². The molecule has 1 amide bonds. The maximum atomic E-state index is 11.6. The van der Waals surface area contributed by atoms with Gasteiger partial charge in [-0.25, -0.2) is 5.06 Å². The molecular weight excluding hydrogens is 202 g/mol. The molecule has 0 aromatic heterocycles. The molecule has 0 bridgehead atoms. The van der Waals surface area contributed by atoms with E-state index in [0.717, 1.165) is 5.56 Å². The van der Waals surface area contributed by atoms with Crippen molar-refractivity contribution in [1.29, 1.82) is 0 Å². The van der Waals surface area contributed by atoms with E-state index < -0.39 is 0 Å². The Morgan fingerprint density at radius 2 is 2.12 bits per heavy atom. The first kappa shape index (κ1) is 12.2. The summed E-state index contributed by atoms with van der Waals surface area (Å²) in [5.74, 6) is -0.203. The molecule has 0 saturated carbocycles. The van der Waals surface area contributed by atoms with Crippen molar-refractivity contribution < 1.29 is 9.63 Å². The van der Waals surface area contributed by atoms with Gasteiger partial charge in [0.25, 0.3) is 5.91 Å². The lowest BCUT2D eigenvalue weighted by Crippen LogP contribution is -2.28. The summed E-state index contributed by atoms with van der Waals surface area (Å²) >= 11 is 0. The predicted octanol–water partition coefficient (Wildman–Crippen LogP) is 2.28. The second-order valence-electron chi connectivity index (χ2n) is 3.11. The van der Waals surface area contributed by atoms with E-state index in [9.17, 15) is 4.79 Å². The fourth-order valence-electron chi connectivity index (χ4n) is 1.19. The smallest absolute Gasteiger partial charge is 0.270 e. The predicted molar refractivity (Wildman–Crippen MR) is 64.4 cm³/mol. The Balaban J connectivity index is 2.63. The Kier molecular flexibility index (Phi) is 5.02. The number of amides is 1. The average Bonchev–Trinajstić information content (AvgIpc) is 2.34. The quantitative estimate of drug-likeness (QED) is 0.430. The van der Waals surface area contributed by atoms with Gasteiger partial charge in [0.1, 0.15) is 0 Å². The van der Waals surface area contributed by atoms with E-state index in [0.29, 0.717) is 6.54 Å². The Morgan fingerprint density at radius 3 is 2.69 bits per heavy atom. The molecule has 0 aliphatic rings. The second-order valence-corrected chi connectivity index (χ2v) is 3.11. The van der Waals surface area contributed by atoms with Crippen LogP contribution in [0.3, 0.4) is 0 Å². The van der Waals surface area contributed by atoms with Gasteiger partial charge < -0.3 is 0 Å². The van der Waals surface area contributed by atoms with Gasteiger partial charge in [-0.15, -0.1) is 6.58 Å². The lowest BCUT2D eigenvalue weighted by atomic mass is 10.2. The third-order valence-electron chi connectivity index (χ3n) is 1.98. The van der Waals surface area contributed by atoms with Crippen LogP contribution in [0.5, 0.6) is 0 Å². The van der Waals surface area contributed by atoms with Crippen LogP contribution in [0.25, 0.3) is 6.08 Å². The largest absolute Gasteiger partial charge is 0.274 e. The number of benzene rings is 1. The molecule has 0 aliphatic carbocycles. The monoisotopic (exact) mass is 217 g/mol. The number of hydroxylamine groups is 2. The van der Waals surface area contributed by atoms with E-state index in [-0.39, 0.29) is 5.91 Å². The van der Waals surface area contributed by atoms with Gasteiger partial charge in [-0.1, -0.05) is 36.4 Å². The lowest BCUT2D eigenvalue weighted by Gasteiger charge is -2.15.